The van der Waals surface area contributed by atoms with Crippen LogP contribution in [0, 0.1) is 0 Å². The van der Waals surface area contributed by atoms with Crippen molar-refractivity contribution in [2.75, 3.05) is 0 Å². The van der Waals surface area contributed by atoms with E-state index in [0.29, 0.717) is 19.3 Å². The minimum absolute atomic E-state index is 0.0945. The number of benzene rings is 2. The van der Waals surface area contributed by atoms with Crippen LogP contribution in [-0.2, 0) is 14.4 Å². The molecule has 2 aromatic rings. The van der Waals surface area contributed by atoms with E-state index in [-0.39, 0.29) is 12.8 Å². The van der Waals surface area contributed by atoms with Crippen molar-refractivity contribution in [2.45, 2.75) is 78.1 Å². The van der Waals surface area contributed by atoms with Crippen LogP contribution < -0.4 is 0 Å². The smallest absolute Gasteiger partial charge is 0.400 e. The summed E-state index contributed by atoms with van der Waals surface area (Å²) in [6.07, 6.45) is 4.12. The highest BCUT2D eigenvalue weighted by atomic mass is 28.4. The molecule has 162 valence electrons. The third-order valence-electron chi connectivity index (χ3n) is 5.77. The first kappa shape index (κ1) is 24.2. The lowest BCUT2D eigenvalue weighted by Gasteiger charge is -2.27. The Labute approximate surface area is 180 Å². The van der Waals surface area contributed by atoms with Crippen LogP contribution in [0.3, 0.4) is 0 Å². The van der Waals surface area contributed by atoms with Gasteiger partial charge in [-0.2, -0.15) is 0 Å². The van der Waals surface area contributed by atoms with Crippen molar-refractivity contribution >= 4 is 35.3 Å². The molecule has 0 amide bonds. The van der Waals surface area contributed by atoms with E-state index in [4.69, 9.17) is 0 Å². The van der Waals surface area contributed by atoms with Crippen molar-refractivity contribution in [1.29, 1.82) is 0 Å². The minimum atomic E-state index is -4.42. The summed E-state index contributed by atoms with van der Waals surface area (Å²) in [5.41, 5.74) is 0.803. The second kappa shape index (κ2) is 11.3. The molecule has 5 heteroatoms. The van der Waals surface area contributed by atoms with Crippen molar-refractivity contribution in [3.63, 3.8) is 0 Å². The Hall–Kier alpha value is -2.11. The number of hydrogen-bond acceptors (Lipinski definition) is 4. The molecule has 2 aromatic carbocycles. The number of fused-ring (bicyclic) bond motifs is 1. The normalized spacial score (nSPS) is 12.7. The number of carbonyl (C=O) groups is 3. The minimum Gasteiger partial charge on any atom is -0.416 e. The van der Waals surface area contributed by atoms with Crippen LogP contribution in [0.2, 0.25) is 0 Å². The summed E-state index contributed by atoms with van der Waals surface area (Å²) in [7, 11) is -4.42. The van der Waals surface area contributed by atoms with Gasteiger partial charge in [-0.25, -0.2) is 0 Å². The van der Waals surface area contributed by atoms with Gasteiger partial charge < -0.3 is 19.2 Å². The maximum Gasteiger partial charge on any atom is 0.400 e. The van der Waals surface area contributed by atoms with Gasteiger partial charge in [-0.15, -0.1) is 0 Å². The van der Waals surface area contributed by atoms with Gasteiger partial charge in [0.1, 0.15) is 0 Å². The van der Waals surface area contributed by atoms with E-state index in [1.807, 2.05) is 63.2 Å². The summed E-state index contributed by atoms with van der Waals surface area (Å²) >= 11 is 0. The first-order valence-corrected chi connectivity index (χ1v) is 13.2. The molecule has 0 aliphatic carbocycles. The van der Waals surface area contributed by atoms with Gasteiger partial charge in [-0.3, -0.25) is 0 Å². The van der Waals surface area contributed by atoms with E-state index in [1.54, 1.807) is 0 Å². The SMILES string of the molecule is CCCCC(=O)[Si](O)(C(=O)CCCC)C(=O)C(CCC)c1cccc2ccccc12. The average Bonchev–Trinajstić information content (AvgIpc) is 2.77. The monoisotopic (exact) mass is 426 g/mol. The van der Waals surface area contributed by atoms with Crippen LogP contribution in [0.1, 0.15) is 83.6 Å². The van der Waals surface area contributed by atoms with Crippen molar-refractivity contribution in [2.24, 2.45) is 0 Å². The average molecular weight is 427 g/mol. The predicted octanol–water partition coefficient (Wildman–Crippen LogP) is 5.37. The number of unbranched alkanes of at least 4 members (excludes halogenated alkanes) is 2. The Bertz CT molecular complexity index is 864. The molecule has 0 aliphatic heterocycles. The van der Waals surface area contributed by atoms with Crippen molar-refractivity contribution < 1.29 is 19.2 Å². The Balaban J connectivity index is 2.55. The van der Waals surface area contributed by atoms with Crippen LogP contribution in [0.5, 0.6) is 0 Å². The third kappa shape index (κ3) is 5.13. The predicted molar refractivity (Wildman–Crippen MR) is 124 cm³/mol. The lowest BCUT2D eigenvalue weighted by atomic mass is 9.91. The molecule has 0 saturated heterocycles. The highest BCUT2D eigenvalue weighted by Crippen LogP contribution is 2.33. The van der Waals surface area contributed by atoms with Crippen LogP contribution in [0.15, 0.2) is 42.5 Å². The molecule has 30 heavy (non-hydrogen) atoms. The summed E-state index contributed by atoms with van der Waals surface area (Å²) in [6.45, 7) is 5.87. The van der Waals surface area contributed by atoms with E-state index in [1.165, 1.54) is 0 Å². The molecule has 1 atom stereocenters. The summed E-state index contributed by atoms with van der Waals surface area (Å²) < 4.78 is 0. The molecule has 0 bridgehead atoms. The van der Waals surface area contributed by atoms with Gasteiger partial charge in [-0.05, 0) is 35.6 Å². The van der Waals surface area contributed by atoms with Crippen LogP contribution in [0.4, 0.5) is 0 Å². The molecule has 1 unspecified atom stereocenters. The highest BCUT2D eigenvalue weighted by molar-refractivity contribution is 7.36. The fourth-order valence-corrected chi connectivity index (χ4v) is 6.73. The van der Waals surface area contributed by atoms with Gasteiger partial charge in [0.2, 0.25) is 0 Å². The summed E-state index contributed by atoms with van der Waals surface area (Å²) in [4.78, 5) is 51.4. The maximum atomic E-state index is 13.8. The molecule has 4 nitrogen and oxygen atoms in total. The van der Waals surface area contributed by atoms with E-state index < -0.39 is 30.5 Å². The van der Waals surface area contributed by atoms with Gasteiger partial charge in [0, 0.05) is 18.8 Å². The lowest BCUT2D eigenvalue weighted by molar-refractivity contribution is -0.123. The zero-order valence-electron chi connectivity index (χ0n) is 18.4. The third-order valence-corrected chi connectivity index (χ3v) is 8.95. The second-order valence-corrected chi connectivity index (χ2v) is 11.1. The van der Waals surface area contributed by atoms with Crippen LogP contribution >= 0.6 is 0 Å². The molecule has 2 rings (SSSR count). The fourth-order valence-electron chi connectivity index (χ4n) is 3.99. The number of rotatable bonds is 13. The van der Waals surface area contributed by atoms with E-state index in [2.05, 4.69) is 0 Å². The molecular weight excluding hydrogens is 392 g/mol. The van der Waals surface area contributed by atoms with Gasteiger partial charge in [-0.1, -0.05) is 82.5 Å². The lowest BCUT2D eigenvalue weighted by Crippen LogP contribution is -2.61. The van der Waals surface area contributed by atoms with Crippen molar-refractivity contribution in [1.82, 2.24) is 0 Å². The topological polar surface area (TPSA) is 71.4 Å². The van der Waals surface area contributed by atoms with E-state index in [0.717, 1.165) is 35.6 Å². The standard InChI is InChI=1S/C25H34O4Si/c1-4-7-17-23(26)30(29,24(27)18-8-5-2)25(28)22(12-6-3)21-16-11-14-19-13-9-10-15-20(19)21/h9-11,13-16,22,29H,4-8,12,17-18H2,1-3H3. The second-order valence-electron chi connectivity index (χ2n) is 8.04. The highest BCUT2D eigenvalue weighted by Gasteiger charge is 2.55. The Morgan fingerprint density at radius 1 is 0.833 bits per heavy atom. The van der Waals surface area contributed by atoms with Gasteiger partial charge in [0.05, 0.1) is 0 Å². The van der Waals surface area contributed by atoms with Crippen LogP contribution in [0.25, 0.3) is 10.8 Å². The number of carbonyl (C=O) groups excluding carboxylic acids is 3. The van der Waals surface area contributed by atoms with Gasteiger partial charge in [0.25, 0.3) is 0 Å². The molecule has 1 N–H and O–H groups in total. The zero-order chi connectivity index (χ0) is 22.1. The van der Waals surface area contributed by atoms with Gasteiger partial charge in [0.15, 0.2) is 16.2 Å². The summed E-state index contributed by atoms with van der Waals surface area (Å²) in [5, 5.41) is 0.380. The maximum absolute atomic E-state index is 13.8. The molecule has 0 aromatic heterocycles. The molecule has 0 aliphatic rings. The number of hydrogen-bond donors (Lipinski definition) is 1. The Morgan fingerprint density at radius 3 is 1.97 bits per heavy atom. The fraction of sp³-hybridized carbons (Fsp3) is 0.480. The zero-order valence-corrected chi connectivity index (χ0v) is 19.4. The molecule has 0 spiro atoms. The largest absolute Gasteiger partial charge is 0.416 e. The van der Waals surface area contributed by atoms with E-state index in [9.17, 15) is 19.2 Å². The van der Waals surface area contributed by atoms with E-state index >= 15 is 0 Å². The first-order valence-electron chi connectivity index (χ1n) is 11.2. The van der Waals surface area contributed by atoms with Crippen molar-refractivity contribution in [3.8, 4) is 0 Å². The Kier molecular flexibility index (Phi) is 9.12. The molecule has 0 radical (unpaired) electrons. The molecule has 0 heterocycles. The summed E-state index contributed by atoms with van der Waals surface area (Å²) in [6, 6.07) is 13.6. The molecule has 0 saturated carbocycles. The molecular formula is C25H34O4Si. The molecule has 0 fully saturated rings. The van der Waals surface area contributed by atoms with Crippen LogP contribution in [-0.4, -0.2) is 29.3 Å². The van der Waals surface area contributed by atoms with Crippen molar-refractivity contribution in [3.05, 3.63) is 48.0 Å². The first-order chi connectivity index (χ1) is 14.4. The quantitative estimate of drug-likeness (QED) is 0.437. The summed E-state index contributed by atoms with van der Waals surface area (Å²) in [5.74, 6) is -0.645. The van der Waals surface area contributed by atoms with Gasteiger partial charge >= 0.3 is 8.32 Å². The Morgan fingerprint density at radius 2 is 1.40 bits per heavy atom.